The summed E-state index contributed by atoms with van der Waals surface area (Å²) in [5.74, 6) is -0.105. The number of halogens is 1. The molecule has 0 spiro atoms. The van der Waals surface area contributed by atoms with Crippen molar-refractivity contribution in [1.29, 1.82) is 0 Å². The van der Waals surface area contributed by atoms with Crippen molar-refractivity contribution in [3.63, 3.8) is 0 Å². The van der Waals surface area contributed by atoms with E-state index in [1.54, 1.807) is 12.1 Å². The van der Waals surface area contributed by atoms with Gasteiger partial charge in [0, 0.05) is 10.0 Å². The molecular formula is C15H13BrN2OS. The van der Waals surface area contributed by atoms with E-state index in [0.717, 1.165) is 10.0 Å². The summed E-state index contributed by atoms with van der Waals surface area (Å²) in [6, 6.07) is 15.0. The molecule has 0 fully saturated rings. The van der Waals surface area contributed by atoms with Crippen LogP contribution < -0.4 is 11.1 Å². The number of carbonyl (C=O) groups is 1. The van der Waals surface area contributed by atoms with Crippen molar-refractivity contribution in [3.8, 4) is 0 Å². The van der Waals surface area contributed by atoms with E-state index in [0.29, 0.717) is 17.7 Å². The van der Waals surface area contributed by atoms with Crippen LogP contribution in [0.1, 0.15) is 11.1 Å². The van der Waals surface area contributed by atoms with Crippen LogP contribution in [0.3, 0.4) is 0 Å². The van der Waals surface area contributed by atoms with Crippen molar-refractivity contribution in [2.75, 3.05) is 5.32 Å². The number of carbonyl (C=O) groups excluding carboxylic acids is 1. The largest absolute Gasteiger partial charge is 0.389 e. The Labute approximate surface area is 131 Å². The van der Waals surface area contributed by atoms with Gasteiger partial charge in [0.2, 0.25) is 5.91 Å². The molecule has 0 saturated heterocycles. The SMILES string of the molecule is NC(=S)c1ccc(Br)cc1NC(=O)Cc1ccccc1. The summed E-state index contributed by atoms with van der Waals surface area (Å²) in [7, 11) is 0. The van der Waals surface area contributed by atoms with Gasteiger partial charge in [0.1, 0.15) is 4.99 Å². The number of nitrogens with two attached hydrogens (primary N) is 1. The Morgan fingerprint density at radius 3 is 2.55 bits per heavy atom. The van der Waals surface area contributed by atoms with Crippen LogP contribution in [0.5, 0.6) is 0 Å². The first-order valence-corrected chi connectivity index (χ1v) is 7.19. The molecule has 0 bridgehead atoms. The summed E-state index contributed by atoms with van der Waals surface area (Å²) >= 11 is 8.35. The maximum absolute atomic E-state index is 12.1. The Kier molecular flexibility index (Phi) is 4.87. The molecule has 0 saturated carbocycles. The van der Waals surface area contributed by atoms with E-state index in [1.165, 1.54) is 0 Å². The second-order valence-corrected chi connectivity index (χ2v) is 5.62. The predicted molar refractivity (Wildman–Crippen MR) is 88.8 cm³/mol. The van der Waals surface area contributed by atoms with Crippen LogP contribution in [0.2, 0.25) is 0 Å². The number of benzene rings is 2. The lowest BCUT2D eigenvalue weighted by atomic mass is 10.1. The van der Waals surface area contributed by atoms with Crippen LogP contribution in [-0.2, 0) is 11.2 Å². The Hall–Kier alpha value is -1.72. The topological polar surface area (TPSA) is 55.1 Å². The number of thiocarbonyl (C=S) groups is 1. The predicted octanol–water partition coefficient (Wildman–Crippen LogP) is 3.26. The third kappa shape index (κ3) is 3.88. The highest BCUT2D eigenvalue weighted by Gasteiger charge is 2.10. The summed E-state index contributed by atoms with van der Waals surface area (Å²) < 4.78 is 0.854. The molecule has 0 unspecified atom stereocenters. The monoisotopic (exact) mass is 348 g/mol. The van der Waals surface area contributed by atoms with E-state index in [2.05, 4.69) is 21.2 Å². The molecule has 0 aromatic heterocycles. The fraction of sp³-hybridized carbons (Fsp3) is 0.0667. The Morgan fingerprint density at radius 1 is 1.20 bits per heavy atom. The van der Waals surface area contributed by atoms with E-state index >= 15 is 0 Å². The molecule has 1 amide bonds. The molecule has 0 aliphatic rings. The molecule has 0 heterocycles. The van der Waals surface area contributed by atoms with Gasteiger partial charge < -0.3 is 11.1 Å². The second-order valence-electron chi connectivity index (χ2n) is 4.26. The highest BCUT2D eigenvalue weighted by atomic mass is 79.9. The van der Waals surface area contributed by atoms with Crippen LogP contribution >= 0.6 is 28.1 Å². The first kappa shape index (κ1) is 14.7. The first-order valence-electron chi connectivity index (χ1n) is 5.99. The number of rotatable bonds is 4. The lowest BCUT2D eigenvalue weighted by molar-refractivity contribution is -0.115. The summed E-state index contributed by atoms with van der Waals surface area (Å²) in [6.45, 7) is 0. The minimum absolute atomic E-state index is 0.105. The number of hydrogen-bond acceptors (Lipinski definition) is 2. The van der Waals surface area contributed by atoms with Crippen molar-refractivity contribution in [2.45, 2.75) is 6.42 Å². The van der Waals surface area contributed by atoms with Crippen LogP contribution in [0.4, 0.5) is 5.69 Å². The van der Waals surface area contributed by atoms with E-state index in [-0.39, 0.29) is 10.9 Å². The molecular weight excluding hydrogens is 336 g/mol. The van der Waals surface area contributed by atoms with Crippen molar-refractivity contribution in [2.24, 2.45) is 5.73 Å². The van der Waals surface area contributed by atoms with Crippen LogP contribution in [-0.4, -0.2) is 10.9 Å². The fourth-order valence-corrected chi connectivity index (χ4v) is 2.35. The zero-order valence-corrected chi connectivity index (χ0v) is 13.0. The maximum Gasteiger partial charge on any atom is 0.228 e. The fourth-order valence-electron chi connectivity index (χ4n) is 1.81. The van der Waals surface area contributed by atoms with Crippen molar-refractivity contribution in [1.82, 2.24) is 0 Å². The summed E-state index contributed by atoms with van der Waals surface area (Å²) in [4.78, 5) is 12.3. The molecule has 2 aromatic rings. The molecule has 3 N–H and O–H groups in total. The molecule has 2 aromatic carbocycles. The smallest absolute Gasteiger partial charge is 0.228 e. The van der Waals surface area contributed by atoms with E-state index in [1.807, 2.05) is 36.4 Å². The molecule has 0 atom stereocenters. The van der Waals surface area contributed by atoms with Crippen molar-refractivity contribution >= 4 is 44.7 Å². The van der Waals surface area contributed by atoms with Crippen molar-refractivity contribution < 1.29 is 4.79 Å². The third-order valence-electron chi connectivity index (χ3n) is 2.73. The molecule has 2 rings (SSSR count). The zero-order valence-electron chi connectivity index (χ0n) is 10.6. The van der Waals surface area contributed by atoms with Gasteiger partial charge in [0.15, 0.2) is 0 Å². The Balaban J connectivity index is 2.15. The standard InChI is InChI=1S/C15H13BrN2OS/c16-11-6-7-12(15(17)20)13(9-11)18-14(19)8-10-4-2-1-3-5-10/h1-7,9H,8H2,(H2,17,20)(H,18,19). The Bertz CT molecular complexity index is 644. The number of hydrogen-bond donors (Lipinski definition) is 2. The number of amides is 1. The lowest BCUT2D eigenvalue weighted by Crippen LogP contribution is -2.19. The minimum atomic E-state index is -0.105. The third-order valence-corrected chi connectivity index (χ3v) is 3.44. The van der Waals surface area contributed by atoms with Gasteiger partial charge in [0.05, 0.1) is 12.1 Å². The summed E-state index contributed by atoms with van der Waals surface area (Å²) in [5.41, 5.74) is 7.89. The first-order chi connectivity index (χ1) is 9.56. The molecule has 0 aliphatic carbocycles. The van der Waals surface area contributed by atoms with E-state index in [4.69, 9.17) is 18.0 Å². The van der Waals surface area contributed by atoms with Crippen LogP contribution in [0, 0.1) is 0 Å². The minimum Gasteiger partial charge on any atom is -0.389 e. The number of nitrogens with one attached hydrogen (secondary N) is 1. The second kappa shape index (κ2) is 6.63. The van der Waals surface area contributed by atoms with E-state index in [9.17, 15) is 4.79 Å². The zero-order chi connectivity index (χ0) is 14.5. The summed E-state index contributed by atoms with van der Waals surface area (Å²) in [6.07, 6.45) is 0.310. The quantitative estimate of drug-likeness (QED) is 0.833. The van der Waals surface area contributed by atoms with Gasteiger partial charge in [-0.3, -0.25) is 4.79 Å². The van der Waals surface area contributed by atoms with Crippen LogP contribution in [0.25, 0.3) is 0 Å². The van der Waals surface area contributed by atoms with Gasteiger partial charge in [-0.25, -0.2) is 0 Å². The molecule has 20 heavy (non-hydrogen) atoms. The maximum atomic E-state index is 12.1. The van der Waals surface area contributed by atoms with E-state index < -0.39 is 0 Å². The highest BCUT2D eigenvalue weighted by molar-refractivity contribution is 9.10. The van der Waals surface area contributed by atoms with Crippen molar-refractivity contribution in [3.05, 3.63) is 64.1 Å². The van der Waals surface area contributed by atoms with Gasteiger partial charge >= 0.3 is 0 Å². The lowest BCUT2D eigenvalue weighted by Gasteiger charge is -2.10. The van der Waals surface area contributed by atoms with Crippen LogP contribution in [0.15, 0.2) is 53.0 Å². The number of anilines is 1. The summed E-state index contributed by atoms with van der Waals surface area (Å²) in [5, 5.41) is 2.84. The molecule has 0 aliphatic heterocycles. The average Bonchev–Trinajstić information content (AvgIpc) is 2.39. The van der Waals surface area contributed by atoms with Gasteiger partial charge in [-0.05, 0) is 23.8 Å². The highest BCUT2D eigenvalue weighted by Crippen LogP contribution is 2.21. The van der Waals surface area contributed by atoms with Gasteiger partial charge in [-0.2, -0.15) is 0 Å². The van der Waals surface area contributed by atoms with Gasteiger partial charge in [-0.15, -0.1) is 0 Å². The molecule has 0 radical (unpaired) electrons. The van der Waals surface area contributed by atoms with Gasteiger partial charge in [0.25, 0.3) is 0 Å². The Morgan fingerprint density at radius 2 is 1.90 bits per heavy atom. The molecule has 102 valence electrons. The molecule has 5 heteroatoms. The normalized spacial score (nSPS) is 10.1. The van der Waals surface area contributed by atoms with Gasteiger partial charge in [-0.1, -0.05) is 58.5 Å². The molecule has 3 nitrogen and oxygen atoms in total. The average molecular weight is 349 g/mol.